The highest BCUT2D eigenvalue weighted by Crippen LogP contribution is 2.09. The summed E-state index contributed by atoms with van der Waals surface area (Å²) < 4.78 is 0. The van der Waals surface area contributed by atoms with Gasteiger partial charge in [0.25, 0.3) is 0 Å². The van der Waals surface area contributed by atoms with Crippen LogP contribution >= 0.6 is 24.8 Å². The van der Waals surface area contributed by atoms with E-state index in [0.717, 1.165) is 5.69 Å². The van der Waals surface area contributed by atoms with Crippen LogP contribution < -0.4 is 11.5 Å². The predicted molar refractivity (Wildman–Crippen MR) is 52.3 cm³/mol. The third-order valence-corrected chi connectivity index (χ3v) is 1.10. The zero-order valence-electron chi connectivity index (χ0n) is 6.07. The molecule has 4 N–H and O–H groups in total. The molecule has 0 spiro atoms. The fourth-order valence-corrected chi connectivity index (χ4v) is 0.588. The van der Waals surface area contributed by atoms with E-state index in [2.05, 4.69) is 4.98 Å². The van der Waals surface area contributed by atoms with Crippen molar-refractivity contribution < 1.29 is 0 Å². The number of anilines is 2. The highest BCUT2D eigenvalue weighted by Gasteiger charge is 1.92. The summed E-state index contributed by atoms with van der Waals surface area (Å²) in [7, 11) is 0. The summed E-state index contributed by atoms with van der Waals surface area (Å²) in [6.07, 6.45) is 0. The molecule has 11 heavy (non-hydrogen) atoms. The highest BCUT2D eigenvalue weighted by molar-refractivity contribution is 5.85. The summed E-state index contributed by atoms with van der Waals surface area (Å²) in [6, 6.07) is 3.57. The van der Waals surface area contributed by atoms with Gasteiger partial charge in [-0.1, -0.05) is 0 Å². The standard InChI is InChI=1S/C6H9N3.2ClH/c1-4-2-3-5(7)6(8)9-4;;/h2-3H,7H2,1H3,(H2,8,9);2*1H. The summed E-state index contributed by atoms with van der Waals surface area (Å²) >= 11 is 0. The van der Waals surface area contributed by atoms with E-state index in [1.165, 1.54) is 0 Å². The zero-order chi connectivity index (χ0) is 6.85. The molecule has 0 aliphatic carbocycles. The van der Waals surface area contributed by atoms with Gasteiger partial charge in [0.15, 0.2) is 0 Å². The lowest BCUT2D eigenvalue weighted by atomic mass is 10.3. The summed E-state index contributed by atoms with van der Waals surface area (Å²) in [4.78, 5) is 3.93. The van der Waals surface area contributed by atoms with Crippen molar-refractivity contribution in [1.29, 1.82) is 0 Å². The van der Waals surface area contributed by atoms with Gasteiger partial charge in [-0.3, -0.25) is 0 Å². The van der Waals surface area contributed by atoms with Crippen LogP contribution in [0.1, 0.15) is 5.69 Å². The van der Waals surface area contributed by atoms with E-state index < -0.39 is 0 Å². The van der Waals surface area contributed by atoms with Crippen molar-refractivity contribution >= 4 is 36.3 Å². The van der Waals surface area contributed by atoms with E-state index in [1.807, 2.05) is 13.0 Å². The second-order valence-corrected chi connectivity index (χ2v) is 1.93. The average Bonchev–Trinajstić information content (AvgIpc) is 1.80. The Bertz CT molecular complexity index is 227. The number of halogens is 2. The minimum atomic E-state index is 0. The van der Waals surface area contributed by atoms with Gasteiger partial charge >= 0.3 is 0 Å². The second-order valence-electron chi connectivity index (χ2n) is 1.93. The quantitative estimate of drug-likeness (QED) is 0.659. The van der Waals surface area contributed by atoms with Crippen molar-refractivity contribution in [1.82, 2.24) is 4.98 Å². The molecule has 0 unspecified atom stereocenters. The summed E-state index contributed by atoms with van der Waals surface area (Å²) in [6.45, 7) is 1.87. The zero-order valence-corrected chi connectivity index (χ0v) is 7.71. The molecule has 0 aliphatic rings. The van der Waals surface area contributed by atoms with E-state index in [4.69, 9.17) is 11.5 Å². The Morgan fingerprint density at radius 1 is 1.18 bits per heavy atom. The molecule has 1 heterocycles. The van der Waals surface area contributed by atoms with Crippen LogP contribution in [0.15, 0.2) is 12.1 Å². The number of rotatable bonds is 0. The fraction of sp³-hybridized carbons (Fsp3) is 0.167. The van der Waals surface area contributed by atoms with Crippen molar-refractivity contribution in [3.8, 4) is 0 Å². The van der Waals surface area contributed by atoms with Gasteiger partial charge < -0.3 is 11.5 Å². The van der Waals surface area contributed by atoms with Crippen LogP contribution in [0, 0.1) is 6.92 Å². The van der Waals surface area contributed by atoms with E-state index in [1.54, 1.807) is 6.07 Å². The number of nitrogens with zero attached hydrogens (tertiary/aromatic N) is 1. The van der Waals surface area contributed by atoms with Crippen LogP contribution in [-0.2, 0) is 0 Å². The Labute approximate surface area is 78.0 Å². The molecule has 1 aromatic rings. The van der Waals surface area contributed by atoms with Crippen LogP contribution in [0.5, 0.6) is 0 Å². The Hall–Kier alpha value is -0.670. The smallest absolute Gasteiger partial charge is 0.146 e. The highest BCUT2D eigenvalue weighted by atomic mass is 35.5. The molecule has 0 radical (unpaired) electrons. The van der Waals surface area contributed by atoms with Gasteiger partial charge in [-0.15, -0.1) is 24.8 Å². The lowest BCUT2D eigenvalue weighted by Crippen LogP contribution is -1.97. The number of hydrogen-bond acceptors (Lipinski definition) is 3. The molecular formula is C6H11Cl2N3. The first-order valence-electron chi connectivity index (χ1n) is 2.69. The molecule has 3 nitrogen and oxygen atoms in total. The number of nitrogens with two attached hydrogens (primary N) is 2. The lowest BCUT2D eigenvalue weighted by molar-refractivity contribution is 1.21. The first kappa shape index (κ1) is 13.0. The van der Waals surface area contributed by atoms with Crippen LogP contribution in [0.4, 0.5) is 11.5 Å². The summed E-state index contributed by atoms with van der Waals surface area (Å²) in [5.41, 5.74) is 12.2. The number of nitrogen functional groups attached to an aromatic ring is 2. The van der Waals surface area contributed by atoms with Gasteiger partial charge in [0.1, 0.15) is 5.82 Å². The van der Waals surface area contributed by atoms with Crippen molar-refractivity contribution in [3.05, 3.63) is 17.8 Å². The minimum Gasteiger partial charge on any atom is -0.396 e. The lowest BCUT2D eigenvalue weighted by Gasteiger charge is -1.97. The fourth-order valence-electron chi connectivity index (χ4n) is 0.588. The molecule has 0 aliphatic heterocycles. The Balaban J connectivity index is 0. The summed E-state index contributed by atoms with van der Waals surface area (Å²) in [5, 5.41) is 0. The van der Waals surface area contributed by atoms with Gasteiger partial charge in [0.05, 0.1) is 5.69 Å². The molecule has 64 valence electrons. The monoisotopic (exact) mass is 195 g/mol. The number of hydrogen-bond donors (Lipinski definition) is 2. The molecule has 0 amide bonds. The van der Waals surface area contributed by atoms with Crippen LogP contribution in [0.2, 0.25) is 0 Å². The second kappa shape index (κ2) is 5.04. The molecule has 1 rings (SSSR count). The van der Waals surface area contributed by atoms with Gasteiger partial charge in [0.2, 0.25) is 0 Å². The molecule has 0 aromatic carbocycles. The molecule has 0 fully saturated rings. The van der Waals surface area contributed by atoms with E-state index in [0.29, 0.717) is 11.5 Å². The van der Waals surface area contributed by atoms with E-state index in [9.17, 15) is 0 Å². The van der Waals surface area contributed by atoms with E-state index in [-0.39, 0.29) is 24.8 Å². The Morgan fingerprint density at radius 3 is 2.09 bits per heavy atom. The number of aromatic nitrogens is 1. The largest absolute Gasteiger partial charge is 0.396 e. The third kappa shape index (κ3) is 3.30. The van der Waals surface area contributed by atoms with Gasteiger partial charge in [-0.2, -0.15) is 0 Å². The Kier molecular flexibility index (Phi) is 5.94. The average molecular weight is 196 g/mol. The molecule has 5 heteroatoms. The normalized spacial score (nSPS) is 7.73. The summed E-state index contributed by atoms with van der Waals surface area (Å²) in [5.74, 6) is 0.412. The maximum atomic E-state index is 5.40. The van der Waals surface area contributed by atoms with Gasteiger partial charge in [0, 0.05) is 5.69 Å². The van der Waals surface area contributed by atoms with Crippen LogP contribution in [0.3, 0.4) is 0 Å². The van der Waals surface area contributed by atoms with Crippen molar-refractivity contribution in [3.63, 3.8) is 0 Å². The van der Waals surface area contributed by atoms with Crippen LogP contribution in [-0.4, -0.2) is 4.98 Å². The number of aryl methyl sites for hydroxylation is 1. The first-order chi connectivity index (χ1) is 4.20. The number of pyridine rings is 1. The maximum Gasteiger partial charge on any atom is 0.146 e. The maximum absolute atomic E-state index is 5.40. The predicted octanol–water partition coefficient (Wildman–Crippen LogP) is 1.40. The van der Waals surface area contributed by atoms with Crippen molar-refractivity contribution in [2.24, 2.45) is 0 Å². The van der Waals surface area contributed by atoms with Crippen LogP contribution in [0.25, 0.3) is 0 Å². The molecule has 0 saturated carbocycles. The minimum absolute atomic E-state index is 0. The van der Waals surface area contributed by atoms with Gasteiger partial charge in [-0.05, 0) is 19.1 Å². The SMILES string of the molecule is Cc1ccc(N)c(N)n1.Cl.Cl. The topological polar surface area (TPSA) is 64.9 Å². The molecule has 0 atom stereocenters. The first-order valence-corrected chi connectivity index (χ1v) is 2.69. The van der Waals surface area contributed by atoms with Crippen molar-refractivity contribution in [2.45, 2.75) is 6.92 Å². The Morgan fingerprint density at radius 2 is 1.73 bits per heavy atom. The van der Waals surface area contributed by atoms with Gasteiger partial charge in [-0.25, -0.2) is 4.98 Å². The molecule has 1 aromatic heterocycles. The molecular weight excluding hydrogens is 185 g/mol. The third-order valence-electron chi connectivity index (χ3n) is 1.10. The van der Waals surface area contributed by atoms with Crippen molar-refractivity contribution in [2.75, 3.05) is 11.5 Å². The molecule has 0 saturated heterocycles. The van der Waals surface area contributed by atoms with E-state index >= 15 is 0 Å². The molecule has 0 bridgehead atoms.